The van der Waals surface area contributed by atoms with E-state index in [4.69, 9.17) is 23.2 Å². The van der Waals surface area contributed by atoms with Crippen molar-refractivity contribution in [2.75, 3.05) is 9.80 Å². The van der Waals surface area contributed by atoms with Gasteiger partial charge in [0.15, 0.2) is 11.6 Å². The maximum Gasteiger partial charge on any atom is 0.238 e. The molecule has 2 aliphatic carbocycles. The number of hydrogen-bond donors (Lipinski definition) is 1. The smallest absolute Gasteiger partial charge is 0.238 e. The monoisotopic (exact) mass is 604 g/mol. The van der Waals surface area contributed by atoms with Crippen LogP contribution in [0.1, 0.15) is 24.3 Å². The number of allylic oxidation sites excluding steroid dienone is 2. The van der Waals surface area contributed by atoms with E-state index in [9.17, 15) is 28.7 Å². The Balaban J connectivity index is 1.33. The van der Waals surface area contributed by atoms with Crippen LogP contribution in [0.5, 0.6) is 5.75 Å². The third-order valence-corrected chi connectivity index (χ3v) is 9.65. The number of phenolic OH excluding ortho intramolecular Hbond substituents is 1. The number of nitrogens with zero attached hydrogens (tertiary/aromatic N) is 2. The van der Waals surface area contributed by atoms with Crippen LogP contribution in [0.2, 0.25) is 10.0 Å². The molecule has 6 unspecified atom stereocenters. The highest BCUT2D eigenvalue weighted by atomic mass is 35.5. The standard InChI is InChI=1S/C32H23Cl2FN2O5/c33-16-2-6-18(7-3-16)36-29(39)21-11-10-20-22(27(21)31(36)41)14-23-28(26(20)15-1-12-25(38)24(35)13-15)32(42)37(30(23)40)19-8-4-17(34)5-9-19/h1-10,12-13,21-23,26-28,38H,11,14H2. The highest BCUT2D eigenvalue weighted by Gasteiger charge is 2.62. The molecular formula is C32H23Cl2FN2O5. The molecule has 0 aromatic heterocycles. The van der Waals surface area contributed by atoms with Crippen molar-refractivity contribution in [2.45, 2.75) is 18.8 Å². The van der Waals surface area contributed by atoms with Gasteiger partial charge in [0.25, 0.3) is 0 Å². The topological polar surface area (TPSA) is 95.0 Å². The normalized spacial score (nSPS) is 28.5. The molecule has 2 heterocycles. The number of hydrogen-bond acceptors (Lipinski definition) is 5. The fourth-order valence-corrected chi connectivity index (χ4v) is 7.62. The van der Waals surface area contributed by atoms with Gasteiger partial charge in [0, 0.05) is 16.0 Å². The highest BCUT2D eigenvalue weighted by Crippen LogP contribution is 2.58. The number of amides is 4. The quantitative estimate of drug-likeness (QED) is 0.297. The number of phenols is 1. The molecule has 7 nitrogen and oxygen atoms in total. The van der Waals surface area contributed by atoms with Crippen molar-refractivity contribution in [1.82, 2.24) is 0 Å². The first-order chi connectivity index (χ1) is 20.2. The van der Waals surface area contributed by atoms with Gasteiger partial charge in [0.2, 0.25) is 23.6 Å². The van der Waals surface area contributed by atoms with Crippen LogP contribution in [0.15, 0.2) is 78.4 Å². The number of carbonyl (C=O) groups is 4. The molecule has 42 heavy (non-hydrogen) atoms. The summed E-state index contributed by atoms with van der Waals surface area (Å²) in [5, 5.41) is 10.8. The molecule has 1 saturated carbocycles. The summed E-state index contributed by atoms with van der Waals surface area (Å²) < 4.78 is 14.7. The number of fused-ring (bicyclic) bond motifs is 4. The minimum atomic E-state index is -0.854. The first kappa shape index (κ1) is 26.9. The van der Waals surface area contributed by atoms with Crippen LogP contribution in [0.3, 0.4) is 0 Å². The molecule has 2 saturated heterocycles. The summed E-state index contributed by atoms with van der Waals surface area (Å²) in [6, 6.07) is 16.8. The van der Waals surface area contributed by atoms with Crippen molar-refractivity contribution in [1.29, 1.82) is 0 Å². The minimum absolute atomic E-state index is 0.191. The fourth-order valence-electron chi connectivity index (χ4n) is 7.37. The van der Waals surface area contributed by atoms with E-state index < -0.39 is 58.9 Å². The highest BCUT2D eigenvalue weighted by molar-refractivity contribution is 6.31. The summed E-state index contributed by atoms with van der Waals surface area (Å²) in [7, 11) is 0. The first-order valence-electron chi connectivity index (χ1n) is 13.6. The van der Waals surface area contributed by atoms with Gasteiger partial charge in [-0.2, -0.15) is 0 Å². The predicted octanol–water partition coefficient (Wildman–Crippen LogP) is 5.88. The van der Waals surface area contributed by atoms with Crippen molar-refractivity contribution in [3.8, 4) is 5.75 Å². The molecule has 0 spiro atoms. The van der Waals surface area contributed by atoms with Gasteiger partial charge in [-0.1, -0.05) is 40.9 Å². The summed E-state index contributed by atoms with van der Waals surface area (Å²) in [6.07, 6.45) is 2.34. The average molecular weight is 605 g/mol. The Bertz CT molecular complexity index is 1710. The summed E-state index contributed by atoms with van der Waals surface area (Å²) in [5.41, 5.74) is 1.94. The number of imide groups is 2. The Morgan fingerprint density at radius 2 is 1.24 bits per heavy atom. The van der Waals surface area contributed by atoms with E-state index in [1.165, 1.54) is 17.0 Å². The third kappa shape index (κ3) is 3.92. The molecule has 2 aliphatic heterocycles. The molecular weight excluding hydrogens is 582 g/mol. The van der Waals surface area contributed by atoms with E-state index in [1.54, 1.807) is 54.6 Å². The SMILES string of the molecule is O=C1C2CC=C3C(CC4C(=O)N(c5ccc(Cl)cc5)C(=O)C4C3c3ccc(O)c(F)c3)C2C(=O)N1c1ccc(Cl)cc1. The van der Waals surface area contributed by atoms with Gasteiger partial charge in [0.1, 0.15) is 0 Å². The lowest BCUT2D eigenvalue weighted by Crippen LogP contribution is -2.43. The van der Waals surface area contributed by atoms with Crippen molar-refractivity contribution in [3.63, 3.8) is 0 Å². The zero-order valence-corrected chi connectivity index (χ0v) is 23.4. The lowest BCUT2D eigenvalue weighted by Gasteiger charge is -2.44. The maximum absolute atomic E-state index is 14.7. The van der Waals surface area contributed by atoms with Gasteiger partial charge < -0.3 is 5.11 Å². The zero-order chi connectivity index (χ0) is 29.4. The Hall–Kier alpha value is -4.01. The number of halogens is 3. The summed E-state index contributed by atoms with van der Waals surface area (Å²) >= 11 is 12.1. The van der Waals surface area contributed by atoms with Crippen molar-refractivity contribution in [2.24, 2.45) is 29.6 Å². The van der Waals surface area contributed by atoms with Crippen molar-refractivity contribution < 1.29 is 28.7 Å². The third-order valence-electron chi connectivity index (χ3n) is 9.15. The largest absolute Gasteiger partial charge is 0.505 e. The molecule has 10 heteroatoms. The van der Waals surface area contributed by atoms with Crippen LogP contribution in [0.25, 0.3) is 0 Å². The van der Waals surface area contributed by atoms with Gasteiger partial charge >= 0.3 is 0 Å². The molecule has 3 fully saturated rings. The van der Waals surface area contributed by atoms with Crippen LogP contribution < -0.4 is 9.80 Å². The van der Waals surface area contributed by atoms with Crippen molar-refractivity contribution >= 4 is 58.2 Å². The lowest BCUT2D eigenvalue weighted by atomic mass is 9.57. The fraction of sp³-hybridized carbons (Fsp3) is 0.250. The van der Waals surface area contributed by atoms with Crippen molar-refractivity contribution in [3.05, 3.63) is 99.8 Å². The summed E-state index contributed by atoms with van der Waals surface area (Å²) in [4.78, 5) is 57.8. The number of anilines is 2. The lowest BCUT2D eigenvalue weighted by molar-refractivity contribution is -0.126. The second-order valence-electron chi connectivity index (χ2n) is 11.2. The van der Waals surface area contributed by atoms with Gasteiger partial charge in [0.05, 0.1) is 35.0 Å². The first-order valence-corrected chi connectivity index (χ1v) is 14.4. The minimum Gasteiger partial charge on any atom is -0.505 e. The Labute approximate surface area is 250 Å². The van der Waals surface area contributed by atoms with E-state index in [0.717, 1.165) is 10.5 Å². The van der Waals surface area contributed by atoms with Gasteiger partial charge in [-0.15, -0.1) is 0 Å². The number of rotatable bonds is 3. The molecule has 0 radical (unpaired) electrons. The van der Waals surface area contributed by atoms with E-state index >= 15 is 0 Å². The molecule has 3 aromatic carbocycles. The molecule has 1 N–H and O–H groups in total. The second kappa shape index (κ2) is 9.78. The molecule has 0 bridgehead atoms. The number of carbonyl (C=O) groups excluding carboxylic acids is 4. The summed E-state index contributed by atoms with van der Waals surface area (Å²) in [5.74, 6) is -7.21. The predicted molar refractivity (Wildman–Crippen MR) is 153 cm³/mol. The molecule has 4 amide bonds. The van der Waals surface area contributed by atoms with Crippen LogP contribution in [-0.2, 0) is 19.2 Å². The van der Waals surface area contributed by atoms with E-state index in [0.29, 0.717) is 27.0 Å². The molecule has 212 valence electrons. The zero-order valence-electron chi connectivity index (χ0n) is 21.9. The van der Waals surface area contributed by atoms with Gasteiger partial charge in [-0.25, -0.2) is 4.39 Å². The van der Waals surface area contributed by atoms with Gasteiger partial charge in [-0.05, 0) is 85.0 Å². The van der Waals surface area contributed by atoms with Crippen LogP contribution in [-0.4, -0.2) is 28.7 Å². The molecule has 4 aliphatic rings. The van der Waals surface area contributed by atoms with Gasteiger partial charge in [-0.3, -0.25) is 29.0 Å². The average Bonchev–Trinajstić information content (AvgIpc) is 3.38. The number of benzene rings is 3. The Morgan fingerprint density at radius 3 is 1.81 bits per heavy atom. The maximum atomic E-state index is 14.7. The van der Waals surface area contributed by atoms with E-state index in [1.807, 2.05) is 6.08 Å². The Morgan fingerprint density at radius 1 is 0.690 bits per heavy atom. The molecule has 6 atom stereocenters. The van der Waals surface area contributed by atoms with E-state index in [-0.39, 0.29) is 24.7 Å². The van der Waals surface area contributed by atoms with Crippen LogP contribution in [0.4, 0.5) is 15.8 Å². The second-order valence-corrected chi connectivity index (χ2v) is 12.1. The van der Waals surface area contributed by atoms with Crippen LogP contribution in [0, 0.1) is 35.4 Å². The summed E-state index contributed by atoms with van der Waals surface area (Å²) in [6.45, 7) is 0. The number of aromatic hydroxyl groups is 1. The molecule has 3 aromatic rings. The van der Waals surface area contributed by atoms with Crippen LogP contribution >= 0.6 is 23.2 Å². The van der Waals surface area contributed by atoms with E-state index in [2.05, 4.69) is 0 Å². The molecule has 7 rings (SSSR count). The Kier molecular flexibility index (Phi) is 6.26.